The van der Waals surface area contributed by atoms with Gasteiger partial charge in [0, 0.05) is 0 Å². The van der Waals surface area contributed by atoms with Crippen LogP contribution in [0.3, 0.4) is 0 Å². The Labute approximate surface area is 135 Å². The molecule has 0 saturated heterocycles. The number of benzene rings is 2. The Morgan fingerprint density at radius 1 is 1.13 bits per heavy atom. The van der Waals surface area contributed by atoms with Crippen LogP contribution in [-0.4, -0.2) is 25.7 Å². The minimum absolute atomic E-state index is 0.0134. The lowest BCUT2D eigenvalue weighted by Gasteiger charge is -2.15. The van der Waals surface area contributed by atoms with Gasteiger partial charge < -0.3 is 14.8 Å². The van der Waals surface area contributed by atoms with Crippen molar-refractivity contribution >= 4 is 5.91 Å². The van der Waals surface area contributed by atoms with Gasteiger partial charge >= 0.3 is 0 Å². The van der Waals surface area contributed by atoms with Gasteiger partial charge in [-0.1, -0.05) is 18.2 Å². The summed E-state index contributed by atoms with van der Waals surface area (Å²) < 4.78 is 24.2. The maximum Gasteiger partial charge on any atom is 0.224 e. The van der Waals surface area contributed by atoms with Crippen LogP contribution < -0.4 is 14.8 Å². The quantitative estimate of drug-likeness (QED) is 0.854. The summed E-state index contributed by atoms with van der Waals surface area (Å²) in [5.74, 6) is 0.843. The van der Waals surface area contributed by atoms with Gasteiger partial charge in [-0.3, -0.25) is 4.79 Å². The Balaban J connectivity index is 1.78. The highest BCUT2D eigenvalue weighted by Crippen LogP contribution is 2.17. The van der Waals surface area contributed by atoms with Crippen molar-refractivity contribution in [3.05, 3.63) is 59.9 Å². The Bertz CT molecular complexity index is 643. The molecule has 0 saturated carbocycles. The van der Waals surface area contributed by atoms with Crippen LogP contribution in [-0.2, 0) is 11.2 Å². The summed E-state index contributed by atoms with van der Waals surface area (Å²) in [5.41, 5.74) is 0.383. The fourth-order valence-electron chi connectivity index (χ4n) is 2.08. The first-order chi connectivity index (χ1) is 11.1. The molecular weight excluding hydrogens is 297 g/mol. The highest BCUT2D eigenvalue weighted by atomic mass is 19.1. The van der Waals surface area contributed by atoms with E-state index >= 15 is 0 Å². The predicted molar refractivity (Wildman–Crippen MR) is 86.2 cm³/mol. The van der Waals surface area contributed by atoms with Gasteiger partial charge in [0.2, 0.25) is 5.91 Å². The largest absolute Gasteiger partial charge is 0.497 e. The minimum atomic E-state index is -0.371. The molecule has 0 aliphatic carbocycles. The normalized spacial score (nSPS) is 11.6. The van der Waals surface area contributed by atoms with Gasteiger partial charge in [-0.15, -0.1) is 0 Å². The number of rotatable bonds is 7. The fourth-order valence-corrected chi connectivity index (χ4v) is 2.08. The summed E-state index contributed by atoms with van der Waals surface area (Å²) >= 11 is 0. The van der Waals surface area contributed by atoms with Crippen LogP contribution in [0.15, 0.2) is 48.5 Å². The average Bonchev–Trinajstić information content (AvgIpc) is 2.55. The second-order valence-electron chi connectivity index (χ2n) is 5.22. The van der Waals surface area contributed by atoms with Gasteiger partial charge in [0.05, 0.1) is 19.6 Å². The van der Waals surface area contributed by atoms with Crippen molar-refractivity contribution in [3.63, 3.8) is 0 Å². The van der Waals surface area contributed by atoms with Crippen molar-refractivity contribution in [2.24, 2.45) is 0 Å². The number of methoxy groups -OCH3 is 1. The molecule has 0 aliphatic heterocycles. The van der Waals surface area contributed by atoms with Crippen molar-refractivity contribution in [3.8, 4) is 11.5 Å². The number of amides is 1. The molecule has 1 amide bonds. The third-order valence-electron chi connectivity index (χ3n) is 3.28. The van der Waals surface area contributed by atoms with Crippen molar-refractivity contribution < 1.29 is 18.7 Å². The van der Waals surface area contributed by atoms with E-state index in [0.717, 1.165) is 5.75 Å². The number of hydrogen-bond acceptors (Lipinski definition) is 3. The molecule has 2 aromatic carbocycles. The van der Waals surface area contributed by atoms with Crippen LogP contribution in [0, 0.1) is 5.82 Å². The molecule has 0 bridgehead atoms. The zero-order valence-electron chi connectivity index (χ0n) is 13.2. The monoisotopic (exact) mass is 317 g/mol. The van der Waals surface area contributed by atoms with Crippen LogP contribution >= 0.6 is 0 Å². The number of halogens is 1. The smallest absolute Gasteiger partial charge is 0.224 e. The molecule has 0 unspecified atom stereocenters. The van der Waals surface area contributed by atoms with Gasteiger partial charge in [-0.05, 0) is 42.8 Å². The van der Waals surface area contributed by atoms with Crippen LogP contribution in [0.25, 0.3) is 0 Å². The van der Waals surface area contributed by atoms with E-state index in [0.29, 0.717) is 17.9 Å². The van der Waals surface area contributed by atoms with Gasteiger partial charge in [-0.2, -0.15) is 0 Å². The second kappa shape index (κ2) is 8.17. The molecule has 1 N–H and O–H groups in total. The van der Waals surface area contributed by atoms with E-state index in [-0.39, 0.29) is 24.2 Å². The molecule has 2 aromatic rings. The first kappa shape index (κ1) is 16.8. The molecular formula is C18H20FNO3. The molecule has 122 valence electrons. The van der Waals surface area contributed by atoms with Crippen LogP contribution in [0.5, 0.6) is 11.5 Å². The highest BCUT2D eigenvalue weighted by Gasteiger charge is 2.11. The molecule has 0 spiro atoms. The summed E-state index contributed by atoms with van der Waals surface area (Å²) in [6, 6.07) is 13.3. The van der Waals surface area contributed by atoms with E-state index in [2.05, 4.69) is 5.32 Å². The van der Waals surface area contributed by atoms with Crippen LogP contribution in [0.2, 0.25) is 0 Å². The second-order valence-corrected chi connectivity index (χ2v) is 5.22. The summed E-state index contributed by atoms with van der Waals surface area (Å²) in [5, 5.41) is 2.79. The summed E-state index contributed by atoms with van der Waals surface area (Å²) in [6.45, 7) is 2.16. The Morgan fingerprint density at radius 2 is 1.78 bits per heavy atom. The Morgan fingerprint density at radius 3 is 2.43 bits per heavy atom. The minimum Gasteiger partial charge on any atom is -0.497 e. The molecule has 0 fully saturated rings. The van der Waals surface area contributed by atoms with Crippen molar-refractivity contribution in [2.45, 2.75) is 19.4 Å². The van der Waals surface area contributed by atoms with Crippen molar-refractivity contribution in [1.82, 2.24) is 5.32 Å². The first-order valence-electron chi connectivity index (χ1n) is 7.38. The zero-order chi connectivity index (χ0) is 16.7. The summed E-state index contributed by atoms with van der Waals surface area (Å²) in [6.07, 6.45) is 0.0134. The van der Waals surface area contributed by atoms with E-state index in [1.54, 1.807) is 49.6 Å². The van der Waals surface area contributed by atoms with E-state index < -0.39 is 0 Å². The topological polar surface area (TPSA) is 47.6 Å². The number of nitrogens with one attached hydrogen (secondary N) is 1. The Hall–Kier alpha value is -2.56. The fraction of sp³-hybridized carbons (Fsp3) is 0.278. The maximum atomic E-state index is 13.5. The highest BCUT2D eigenvalue weighted by molar-refractivity contribution is 5.78. The molecule has 2 rings (SSSR count). The van der Waals surface area contributed by atoms with Gasteiger partial charge in [0.1, 0.15) is 23.9 Å². The van der Waals surface area contributed by atoms with E-state index in [1.807, 2.05) is 6.92 Å². The maximum absolute atomic E-state index is 13.5. The van der Waals surface area contributed by atoms with Crippen LogP contribution in [0.1, 0.15) is 12.5 Å². The SMILES string of the molecule is COc1ccc(OC[C@H](C)NC(=O)Cc2ccccc2F)cc1. The number of ether oxygens (including phenoxy) is 2. The molecule has 0 aliphatic rings. The lowest BCUT2D eigenvalue weighted by molar-refractivity contribution is -0.121. The van der Waals surface area contributed by atoms with E-state index in [9.17, 15) is 9.18 Å². The number of carbonyl (C=O) groups excluding carboxylic acids is 1. The van der Waals surface area contributed by atoms with Crippen molar-refractivity contribution in [2.75, 3.05) is 13.7 Å². The first-order valence-corrected chi connectivity index (χ1v) is 7.38. The number of hydrogen-bond donors (Lipinski definition) is 1. The molecule has 1 atom stereocenters. The molecule has 4 nitrogen and oxygen atoms in total. The Kier molecular flexibility index (Phi) is 5.97. The van der Waals surface area contributed by atoms with Gasteiger partial charge in [0.25, 0.3) is 0 Å². The average molecular weight is 317 g/mol. The summed E-state index contributed by atoms with van der Waals surface area (Å²) in [4.78, 5) is 11.9. The molecule has 0 radical (unpaired) electrons. The van der Waals surface area contributed by atoms with Gasteiger partial charge in [0.15, 0.2) is 0 Å². The molecule has 0 heterocycles. The number of carbonyl (C=O) groups is 1. The van der Waals surface area contributed by atoms with E-state index in [4.69, 9.17) is 9.47 Å². The van der Waals surface area contributed by atoms with E-state index in [1.165, 1.54) is 6.07 Å². The lowest BCUT2D eigenvalue weighted by atomic mass is 10.1. The third-order valence-corrected chi connectivity index (χ3v) is 3.28. The molecule has 0 aromatic heterocycles. The van der Waals surface area contributed by atoms with Crippen LogP contribution in [0.4, 0.5) is 4.39 Å². The standard InChI is InChI=1S/C18H20FNO3/c1-13(12-23-16-9-7-15(22-2)8-10-16)20-18(21)11-14-5-3-4-6-17(14)19/h3-10,13H,11-12H2,1-2H3,(H,20,21)/t13-/m0/s1. The predicted octanol–water partition coefficient (Wildman–Crippen LogP) is 2.96. The zero-order valence-corrected chi connectivity index (χ0v) is 13.2. The van der Waals surface area contributed by atoms with Gasteiger partial charge in [-0.25, -0.2) is 4.39 Å². The summed E-state index contributed by atoms with van der Waals surface area (Å²) in [7, 11) is 1.60. The molecule has 23 heavy (non-hydrogen) atoms. The molecule has 5 heteroatoms. The lowest BCUT2D eigenvalue weighted by Crippen LogP contribution is -2.37. The third kappa shape index (κ3) is 5.29. The van der Waals surface area contributed by atoms with Crippen molar-refractivity contribution in [1.29, 1.82) is 0 Å².